The third kappa shape index (κ3) is 27.9. The van der Waals surface area contributed by atoms with Crippen molar-refractivity contribution in [1.29, 1.82) is 0 Å². The van der Waals surface area contributed by atoms with Crippen molar-refractivity contribution in [3.63, 3.8) is 0 Å². The van der Waals surface area contributed by atoms with Crippen molar-refractivity contribution >= 4 is 10.8 Å². The number of para-hydroxylation sites is 1. The van der Waals surface area contributed by atoms with Crippen LogP contribution in [0.3, 0.4) is 0 Å². The van der Waals surface area contributed by atoms with Crippen LogP contribution in [0.1, 0.15) is 156 Å². The average molecular weight is 1290 g/mol. The minimum absolute atomic E-state index is 0.133. The zero-order chi connectivity index (χ0) is 70.8. The van der Waals surface area contributed by atoms with Gasteiger partial charge in [-0.3, -0.25) is 0 Å². The molecule has 0 N–H and O–H groups in total. The summed E-state index contributed by atoms with van der Waals surface area (Å²) < 4.78 is 52.0. The highest BCUT2D eigenvalue weighted by molar-refractivity contribution is 5.85. The van der Waals surface area contributed by atoms with Crippen LogP contribution in [0.5, 0.6) is 5.75 Å². The largest absolute Gasteiger partial charge is 0.496 e. The highest BCUT2D eigenvalue weighted by Gasteiger charge is 2.31. The van der Waals surface area contributed by atoms with Gasteiger partial charge in [0.15, 0.2) is 6.29 Å². The van der Waals surface area contributed by atoms with Gasteiger partial charge in [0.1, 0.15) is 5.75 Å². The summed E-state index contributed by atoms with van der Waals surface area (Å²) in [5, 5.41) is 2.68. The molecule has 1 aliphatic rings. The number of fused-ring (bicyclic) bond motifs is 1. The van der Waals surface area contributed by atoms with Crippen molar-refractivity contribution in [2.75, 3.05) is 20.3 Å². The summed E-state index contributed by atoms with van der Waals surface area (Å²) in [5.41, 5.74) is 21.5. The predicted octanol–water partition coefficient (Wildman–Crippen LogP) is 26.0. The van der Waals surface area contributed by atoms with Crippen molar-refractivity contribution in [1.82, 2.24) is 0 Å². The van der Waals surface area contributed by atoms with Crippen molar-refractivity contribution in [2.24, 2.45) is 0 Å². The zero-order valence-corrected chi connectivity index (χ0v) is 60.8. The Kier molecular flexibility index (Phi) is 34.2. The molecule has 1 saturated heterocycles. The van der Waals surface area contributed by atoms with E-state index in [0.717, 1.165) is 17.4 Å². The second kappa shape index (κ2) is 41.2. The Labute approximate surface area is 576 Å². The van der Waals surface area contributed by atoms with E-state index in [1.54, 1.807) is 13.2 Å². The molecule has 0 saturated carbocycles. The summed E-state index contributed by atoms with van der Waals surface area (Å²) in [5.74, 6) is 2.26. The van der Waals surface area contributed by atoms with Gasteiger partial charge >= 0.3 is 6.18 Å². The SMILES string of the molecule is COc1ccccc1C.Cc1ccc(C(C)C)c(C)c1.Cc1cccc2ccccc12.Cc1ccccc1-c1ccccc1.Cc1ccccc1C.Cc1ccccc1C(C)(C)C.Cc1ccccc1C(C)C.Cc1ccccc1C(F)(F)F.Cc1ccccc1C1OCCO1. The van der Waals surface area contributed by atoms with Gasteiger partial charge < -0.3 is 14.2 Å². The summed E-state index contributed by atoms with van der Waals surface area (Å²) in [6, 6.07) is 87.4. The number of alkyl halides is 3. The van der Waals surface area contributed by atoms with E-state index in [2.05, 4.69) is 299 Å². The third-order valence-electron chi connectivity index (χ3n) is 16.3. The number of aryl methyl sites for hydroxylation is 11. The molecule has 506 valence electrons. The first-order valence-electron chi connectivity index (χ1n) is 33.4. The van der Waals surface area contributed by atoms with Crippen molar-refractivity contribution in [3.05, 3.63) is 350 Å². The van der Waals surface area contributed by atoms with Crippen molar-refractivity contribution < 1.29 is 27.4 Å². The van der Waals surface area contributed by atoms with Gasteiger partial charge in [0.25, 0.3) is 0 Å². The highest BCUT2D eigenvalue weighted by Crippen LogP contribution is 2.32. The fourth-order valence-corrected chi connectivity index (χ4v) is 10.8. The quantitative estimate of drug-likeness (QED) is 0.172. The minimum Gasteiger partial charge on any atom is -0.496 e. The highest BCUT2D eigenvalue weighted by atomic mass is 19.4. The lowest BCUT2D eigenvalue weighted by molar-refractivity contribution is -0.138. The fraction of sp³-hybridized carbons (Fsp3) is 0.289. The molecule has 0 radical (unpaired) electrons. The molecule has 1 heterocycles. The first-order chi connectivity index (χ1) is 45.6. The number of rotatable bonds is 5. The lowest BCUT2D eigenvalue weighted by Crippen LogP contribution is -2.12. The molecule has 1 aliphatic heterocycles. The van der Waals surface area contributed by atoms with E-state index in [0.29, 0.717) is 25.0 Å². The Morgan fingerprint density at radius 2 is 0.781 bits per heavy atom. The van der Waals surface area contributed by atoms with Gasteiger partial charge in [-0.05, 0) is 200 Å². The number of ether oxygens (including phenoxy) is 3. The Hall–Kier alpha value is -8.81. The number of hydrogen-bond acceptors (Lipinski definition) is 3. The minimum atomic E-state index is -4.22. The number of halogens is 3. The van der Waals surface area contributed by atoms with Gasteiger partial charge in [-0.1, -0.05) is 303 Å². The standard InChI is InChI=1S/C13H12.C11H10.2C11H16.C10H12O2.C10H14.C8H7F3.C8H10O.C8H10/c1-11-7-5-6-10-13(11)12-8-3-2-4-9-12;1-9-5-4-7-10-6-2-3-8-11(9)10;1-8(2)11-6-5-9(3)7-10(11)4;1-9-7-5-6-8-10(9)11(2,3)4;1-8-4-2-3-5-9(8)10-11-6-7-12-10;1-8(2)10-7-5-4-6-9(10)3;1-6-4-2-3-5-7(6)8(9,10)11;1-7-5-3-4-6-8(7)9-2;1-7-5-3-4-6-8(7)2/h2-10H,1H3;2-8H,1H3;2*5-8H,1-4H3;2-5,10H,6-7H2,1H3;4-8H,1-3H3;2-5H,1H3;3-6H,1-2H3;3-6H,1-2H3. The molecule has 1 fully saturated rings. The normalized spacial score (nSPS) is 11.4. The van der Waals surface area contributed by atoms with Gasteiger partial charge in [0.05, 0.1) is 25.9 Å². The van der Waals surface area contributed by atoms with E-state index in [1.165, 1.54) is 113 Å². The van der Waals surface area contributed by atoms with Crippen LogP contribution >= 0.6 is 0 Å². The van der Waals surface area contributed by atoms with Crippen LogP contribution in [0.15, 0.2) is 261 Å². The molecule has 0 amide bonds. The maximum Gasteiger partial charge on any atom is 0.416 e. The topological polar surface area (TPSA) is 27.7 Å². The third-order valence-corrected chi connectivity index (χ3v) is 16.3. The monoisotopic (exact) mass is 1290 g/mol. The van der Waals surface area contributed by atoms with Crippen LogP contribution in [0, 0.1) is 76.2 Å². The number of methoxy groups -OCH3 is 1. The first kappa shape index (κ1) is 79.6. The molecule has 0 spiro atoms. The second-order valence-corrected chi connectivity index (χ2v) is 25.9. The molecule has 0 aromatic heterocycles. The predicted molar refractivity (Wildman–Crippen MR) is 406 cm³/mol. The van der Waals surface area contributed by atoms with Crippen LogP contribution in [0.25, 0.3) is 21.9 Å². The zero-order valence-electron chi connectivity index (χ0n) is 60.8. The van der Waals surface area contributed by atoms with Crippen LogP contribution in [0.2, 0.25) is 0 Å². The van der Waals surface area contributed by atoms with Crippen LogP contribution in [0.4, 0.5) is 13.2 Å². The van der Waals surface area contributed by atoms with Gasteiger partial charge in [0, 0.05) is 5.56 Å². The lowest BCUT2D eigenvalue weighted by atomic mass is 9.84. The van der Waals surface area contributed by atoms with E-state index >= 15 is 0 Å². The number of hydrogen-bond donors (Lipinski definition) is 0. The van der Waals surface area contributed by atoms with E-state index in [9.17, 15) is 13.2 Å². The van der Waals surface area contributed by atoms with Gasteiger partial charge in [0.2, 0.25) is 0 Å². The summed E-state index contributed by atoms with van der Waals surface area (Å²) >= 11 is 0. The van der Waals surface area contributed by atoms with E-state index < -0.39 is 11.7 Å². The number of benzene rings is 11. The van der Waals surface area contributed by atoms with Crippen LogP contribution in [-0.2, 0) is 21.1 Å². The van der Waals surface area contributed by atoms with Crippen LogP contribution < -0.4 is 4.74 Å². The Balaban J connectivity index is 0.000000230. The van der Waals surface area contributed by atoms with Crippen molar-refractivity contribution in [2.45, 2.75) is 154 Å². The van der Waals surface area contributed by atoms with E-state index in [-0.39, 0.29) is 17.3 Å². The molecular formula is C90H107F3O3. The molecule has 96 heavy (non-hydrogen) atoms. The summed E-state index contributed by atoms with van der Waals surface area (Å²) in [6.45, 7) is 39.8. The Morgan fingerprint density at radius 3 is 1.21 bits per heavy atom. The van der Waals surface area contributed by atoms with Crippen LogP contribution in [-0.4, -0.2) is 20.3 Å². The summed E-state index contributed by atoms with van der Waals surface area (Å²) in [7, 11) is 1.68. The van der Waals surface area contributed by atoms with Gasteiger partial charge in [-0.2, -0.15) is 13.2 Å². The lowest BCUT2D eigenvalue weighted by Gasteiger charge is -2.21. The molecule has 6 heteroatoms. The molecule has 0 aliphatic carbocycles. The molecular weight excluding hydrogens is 1190 g/mol. The molecule has 12 rings (SSSR count). The first-order valence-corrected chi connectivity index (χ1v) is 33.4. The molecule has 0 unspecified atom stereocenters. The fourth-order valence-electron chi connectivity index (χ4n) is 10.8. The van der Waals surface area contributed by atoms with E-state index in [4.69, 9.17) is 14.2 Å². The molecule has 0 bridgehead atoms. The smallest absolute Gasteiger partial charge is 0.416 e. The maximum atomic E-state index is 12.0. The maximum absolute atomic E-state index is 12.0. The molecule has 11 aromatic carbocycles. The average Bonchev–Trinajstić information content (AvgIpc) is 1.02. The molecule has 3 nitrogen and oxygen atoms in total. The van der Waals surface area contributed by atoms with E-state index in [1.807, 2.05) is 55.5 Å². The Morgan fingerprint density at radius 1 is 0.365 bits per heavy atom. The molecule has 0 atom stereocenters. The Bertz CT molecular complexity index is 3910. The van der Waals surface area contributed by atoms with Crippen molar-refractivity contribution in [3.8, 4) is 16.9 Å². The van der Waals surface area contributed by atoms with Gasteiger partial charge in [-0.15, -0.1) is 0 Å². The van der Waals surface area contributed by atoms with Gasteiger partial charge in [-0.25, -0.2) is 0 Å². The second-order valence-electron chi connectivity index (χ2n) is 25.9. The molecule has 11 aromatic rings. The summed E-state index contributed by atoms with van der Waals surface area (Å²) in [6.07, 6.45) is -4.35. The summed E-state index contributed by atoms with van der Waals surface area (Å²) in [4.78, 5) is 0.